The predicted molar refractivity (Wildman–Crippen MR) is 157 cm³/mol. The summed E-state index contributed by atoms with van der Waals surface area (Å²) >= 11 is 1.33. The van der Waals surface area contributed by atoms with Crippen LogP contribution in [-0.2, 0) is 15.0 Å². The second kappa shape index (κ2) is 9.85. The van der Waals surface area contributed by atoms with E-state index < -0.39 is 17.7 Å². The SMILES string of the molecule is COc1ccc(C(C)(C)C)cc1/C(O)=C1\C(=O)C(=O)N(c2nc3ccccc3s2)C1c1ccc(N(C)C)cc1. The van der Waals surface area contributed by atoms with Gasteiger partial charge in [0, 0.05) is 19.8 Å². The molecule has 0 bridgehead atoms. The number of Topliss-reactive ketones (excluding diaryl/α,β-unsaturated/α-hetero) is 1. The van der Waals surface area contributed by atoms with Gasteiger partial charge in [-0.25, -0.2) is 4.98 Å². The first-order valence-electron chi connectivity index (χ1n) is 12.6. The molecule has 1 amide bonds. The molecule has 0 spiro atoms. The number of thiazole rings is 1. The normalized spacial score (nSPS) is 17.2. The summed E-state index contributed by atoms with van der Waals surface area (Å²) in [6.07, 6.45) is 0. The van der Waals surface area contributed by atoms with Gasteiger partial charge in [-0.2, -0.15) is 0 Å². The first kappa shape index (κ1) is 26.4. The number of para-hydroxylation sites is 1. The van der Waals surface area contributed by atoms with Gasteiger partial charge in [-0.3, -0.25) is 14.5 Å². The lowest BCUT2D eigenvalue weighted by atomic mass is 9.85. The number of carbonyl (C=O) groups is 2. The van der Waals surface area contributed by atoms with Crippen LogP contribution < -0.4 is 14.5 Å². The predicted octanol–water partition coefficient (Wildman–Crippen LogP) is 6.29. The Bertz CT molecular complexity index is 1580. The van der Waals surface area contributed by atoms with E-state index in [1.54, 1.807) is 6.07 Å². The van der Waals surface area contributed by atoms with Crippen LogP contribution in [0.25, 0.3) is 16.0 Å². The van der Waals surface area contributed by atoms with Crippen LogP contribution >= 0.6 is 11.3 Å². The van der Waals surface area contributed by atoms with E-state index >= 15 is 0 Å². The Kier molecular flexibility index (Phi) is 6.68. The summed E-state index contributed by atoms with van der Waals surface area (Å²) in [5.41, 5.74) is 3.50. The summed E-state index contributed by atoms with van der Waals surface area (Å²) in [5.74, 6) is -1.37. The number of methoxy groups -OCH3 is 1. The van der Waals surface area contributed by atoms with Crippen molar-refractivity contribution in [2.24, 2.45) is 0 Å². The summed E-state index contributed by atoms with van der Waals surface area (Å²) in [4.78, 5) is 35.4. The van der Waals surface area contributed by atoms with Crippen LogP contribution in [0.4, 0.5) is 10.8 Å². The van der Waals surface area contributed by atoms with Crippen LogP contribution in [0.3, 0.4) is 0 Å². The van der Waals surface area contributed by atoms with Crippen molar-refractivity contribution in [3.63, 3.8) is 0 Å². The van der Waals surface area contributed by atoms with Crippen molar-refractivity contribution >= 4 is 49.8 Å². The van der Waals surface area contributed by atoms with Gasteiger partial charge in [-0.15, -0.1) is 0 Å². The number of nitrogens with zero attached hydrogens (tertiary/aromatic N) is 3. The number of hydrogen-bond donors (Lipinski definition) is 1. The van der Waals surface area contributed by atoms with E-state index in [0.29, 0.717) is 22.0 Å². The molecule has 1 fully saturated rings. The van der Waals surface area contributed by atoms with Gasteiger partial charge < -0.3 is 14.7 Å². The van der Waals surface area contributed by atoms with Crippen molar-refractivity contribution in [3.8, 4) is 5.75 Å². The average Bonchev–Trinajstić information content (AvgIpc) is 3.45. The second-order valence-electron chi connectivity index (χ2n) is 10.8. The number of ether oxygens (including phenoxy) is 1. The minimum atomic E-state index is -0.871. The fraction of sp³-hybridized carbons (Fsp3) is 0.258. The molecule has 0 saturated carbocycles. The van der Waals surface area contributed by atoms with Crippen LogP contribution in [0.1, 0.15) is 43.5 Å². The van der Waals surface area contributed by atoms with Gasteiger partial charge in [-0.1, -0.05) is 62.4 Å². The standard InChI is InChI=1S/C31H31N3O4S/c1-31(2,3)19-13-16-23(38-6)21(17-19)27(35)25-26(18-11-14-20(15-12-18)33(4)5)34(29(37)28(25)36)30-32-22-9-7-8-10-24(22)39-30/h7-17,26,35H,1-6H3/b27-25+. The lowest BCUT2D eigenvalue weighted by Crippen LogP contribution is -2.29. The van der Waals surface area contributed by atoms with Crippen LogP contribution in [0.5, 0.6) is 5.75 Å². The Morgan fingerprint density at radius 3 is 2.33 bits per heavy atom. The highest BCUT2D eigenvalue weighted by Gasteiger charge is 2.48. The van der Waals surface area contributed by atoms with Gasteiger partial charge in [0.2, 0.25) is 0 Å². The molecule has 2 heterocycles. The van der Waals surface area contributed by atoms with E-state index in [0.717, 1.165) is 21.5 Å². The summed E-state index contributed by atoms with van der Waals surface area (Å²) < 4.78 is 6.47. The van der Waals surface area contributed by atoms with E-state index in [2.05, 4.69) is 25.8 Å². The Hall–Kier alpha value is -4.17. The Morgan fingerprint density at radius 1 is 1.03 bits per heavy atom. The third-order valence-electron chi connectivity index (χ3n) is 6.98. The first-order chi connectivity index (χ1) is 18.5. The Morgan fingerprint density at radius 2 is 1.72 bits per heavy atom. The molecule has 0 aliphatic carbocycles. The largest absolute Gasteiger partial charge is 0.507 e. The highest BCUT2D eigenvalue weighted by Crippen LogP contribution is 2.45. The number of ketones is 1. The number of aliphatic hydroxyl groups is 1. The molecule has 1 aliphatic rings. The number of carbonyl (C=O) groups excluding carboxylic acids is 2. The van der Waals surface area contributed by atoms with Gasteiger partial charge >= 0.3 is 5.91 Å². The number of anilines is 2. The van der Waals surface area contributed by atoms with Crippen LogP contribution in [0, 0.1) is 0 Å². The Balaban J connectivity index is 1.76. The van der Waals surface area contributed by atoms with Gasteiger partial charge in [-0.05, 0) is 52.9 Å². The monoisotopic (exact) mass is 541 g/mol. The highest BCUT2D eigenvalue weighted by molar-refractivity contribution is 7.22. The van der Waals surface area contributed by atoms with Crippen molar-refractivity contribution < 1.29 is 19.4 Å². The summed E-state index contributed by atoms with van der Waals surface area (Å²) in [6, 6.07) is 19.9. The molecule has 5 rings (SSSR count). The maximum Gasteiger partial charge on any atom is 0.301 e. The number of hydrogen-bond acceptors (Lipinski definition) is 7. The number of aliphatic hydroxyl groups excluding tert-OH is 1. The van der Waals surface area contributed by atoms with E-state index in [1.807, 2.05) is 79.7 Å². The van der Waals surface area contributed by atoms with E-state index in [-0.39, 0.29) is 16.7 Å². The molecule has 200 valence electrons. The van der Waals surface area contributed by atoms with Crippen molar-refractivity contribution in [2.75, 3.05) is 31.0 Å². The first-order valence-corrected chi connectivity index (χ1v) is 13.5. The third-order valence-corrected chi connectivity index (χ3v) is 8.01. The smallest absolute Gasteiger partial charge is 0.301 e. The summed E-state index contributed by atoms with van der Waals surface area (Å²) in [6.45, 7) is 6.20. The summed E-state index contributed by atoms with van der Waals surface area (Å²) in [7, 11) is 5.40. The van der Waals surface area contributed by atoms with E-state index in [9.17, 15) is 14.7 Å². The molecule has 0 radical (unpaired) electrons. The zero-order chi connectivity index (χ0) is 28.1. The Labute approximate surface area is 232 Å². The lowest BCUT2D eigenvalue weighted by Gasteiger charge is -2.24. The molecule has 39 heavy (non-hydrogen) atoms. The number of benzene rings is 3. The molecular formula is C31H31N3O4S. The fourth-order valence-corrected chi connectivity index (χ4v) is 5.76. The minimum Gasteiger partial charge on any atom is -0.507 e. The fourth-order valence-electron chi connectivity index (χ4n) is 4.77. The molecule has 7 nitrogen and oxygen atoms in total. The highest BCUT2D eigenvalue weighted by atomic mass is 32.1. The third kappa shape index (κ3) is 4.65. The number of aromatic nitrogens is 1. The minimum absolute atomic E-state index is 0.00113. The molecule has 1 aromatic heterocycles. The zero-order valence-electron chi connectivity index (χ0n) is 22.9. The molecule has 4 aromatic rings. The van der Waals surface area contributed by atoms with Crippen molar-refractivity contribution in [1.29, 1.82) is 0 Å². The molecule has 1 N–H and O–H groups in total. The van der Waals surface area contributed by atoms with Crippen LogP contribution in [-0.4, -0.2) is 43.0 Å². The van der Waals surface area contributed by atoms with Gasteiger partial charge in [0.15, 0.2) is 5.13 Å². The number of fused-ring (bicyclic) bond motifs is 1. The molecule has 8 heteroatoms. The van der Waals surface area contributed by atoms with Gasteiger partial charge in [0.05, 0.1) is 34.5 Å². The van der Waals surface area contributed by atoms with Crippen LogP contribution in [0.2, 0.25) is 0 Å². The van der Waals surface area contributed by atoms with Crippen LogP contribution in [0.15, 0.2) is 72.3 Å². The topological polar surface area (TPSA) is 83.0 Å². The molecule has 1 atom stereocenters. The zero-order valence-corrected chi connectivity index (χ0v) is 23.7. The van der Waals surface area contributed by atoms with Crippen molar-refractivity contribution in [3.05, 3.63) is 89.0 Å². The van der Waals surface area contributed by atoms with Gasteiger partial charge in [0.1, 0.15) is 11.5 Å². The molecule has 1 aliphatic heterocycles. The number of rotatable bonds is 5. The van der Waals surface area contributed by atoms with Gasteiger partial charge in [0.25, 0.3) is 5.78 Å². The van der Waals surface area contributed by atoms with Crippen molar-refractivity contribution in [2.45, 2.75) is 32.2 Å². The maximum atomic E-state index is 13.7. The quantitative estimate of drug-likeness (QED) is 0.182. The van der Waals surface area contributed by atoms with Crippen molar-refractivity contribution in [1.82, 2.24) is 4.98 Å². The lowest BCUT2D eigenvalue weighted by molar-refractivity contribution is -0.132. The molecule has 3 aromatic carbocycles. The summed E-state index contributed by atoms with van der Waals surface area (Å²) in [5, 5.41) is 12.2. The van der Waals surface area contributed by atoms with E-state index in [4.69, 9.17) is 4.74 Å². The molecule has 1 saturated heterocycles. The molecular weight excluding hydrogens is 510 g/mol. The molecule has 1 unspecified atom stereocenters. The second-order valence-corrected chi connectivity index (χ2v) is 11.8. The average molecular weight is 542 g/mol. The maximum absolute atomic E-state index is 13.7. The van der Waals surface area contributed by atoms with E-state index in [1.165, 1.54) is 23.3 Å². The number of amides is 1.